The van der Waals surface area contributed by atoms with Crippen molar-refractivity contribution in [2.45, 2.75) is 18.8 Å². The van der Waals surface area contributed by atoms with Crippen LogP contribution in [0.4, 0.5) is 0 Å². The van der Waals surface area contributed by atoms with Crippen LogP contribution < -0.4 is 5.32 Å². The average Bonchev–Trinajstić information content (AvgIpc) is 2.90. The molecule has 1 saturated heterocycles. The van der Waals surface area contributed by atoms with Gasteiger partial charge in [0.05, 0.1) is 5.56 Å². The molecule has 1 aromatic heterocycles. The van der Waals surface area contributed by atoms with E-state index in [0.717, 1.165) is 25.9 Å². The molecule has 0 unspecified atom stereocenters. The maximum atomic E-state index is 9.75. The number of phenols is 1. The maximum Gasteiger partial charge on any atom is 0.230 e. The van der Waals surface area contributed by atoms with E-state index in [2.05, 4.69) is 15.5 Å². The largest absolute Gasteiger partial charge is 0.507 e. The highest BCUT2D eigenvalue weighted by Crippen LogP contribution is 2.29. The number of piperidine rings is 1. The Morgan fingerprint density at radius 3 is 2.78 bits per heavy atom. The number of nitrogens with one attached hydrogen (secondary N) is 1. The summed E-state index contributed by atoms with van der Waals surface area (Å²) in [6, 6.07) is 7.02. The number of hydrogen-bond acceptors (Lipinski definition) is 5. The zero-order valence-corrected chi connectivity index (χ0v) is 9.97. The van der Waals surface area contributed by atoms with Gasteiger partial charge in [-0.1, -0.05) is 17.3 Å². The molecule has 5 nitrogen and oxygen atoms in total. The average molecular weight is 245 g/mol. The van der Waals surface area contributed by atoms with Gasteiger partial charge in [0.1, 0.15) is 5.75 Å². The van der Waals surface area contributed by atoms with Crippen molar-refractivity contribution in [3.8, 4) is 17.1 Å². The summed E-state index contributed by atoms with van der Waals surface area (Å²) in [5, 5.41) is 17.0. The van der Waals surface area contributed by atoms with Crippen molar-refractivity contribution >= 4 is 0 Å². The number of nitrogens with zero attached hydrogens (tertiary/aromatic N) is 2. The normalized spacial score (nSPS) is 16.9. The predicted molar refractivity (Wildman–Crippen MR) is 66.2 cm³/mol. The van der Waals surface area contributed by atoms with Gasteiger partial charge in [-0.05, 0) is 38.1 Å². The molecule has 2 N–H and O–H groups in total. The summed E-state index contributed by atoms with van der Waals surface area (Å²) in [7, 11) is 0. The zero-order chi connectivity index (χ0) is 12.4. The van der Waals surface area contributed by atoms with Crippen LogP contribution in [0.15, 0.2) is 28.8 Å². The van der Waals surface area contributed by atoms with E-state index in [1.807, 2.05) is 6.07 Å². The van der Waals surface area contributed by atoms with Gasteiger partial charge in [0.15, 0.2) is 0 Å². The van der Waals surface area contributed by atoms with Crippen molar-refractivity contribution in [3.05, 3.63) is 30.2 Å². The molecule has 3 rings (SSSR count). The van der Waals surface area contributed by atoms with Gasteiger partial charge in [-0.15, -0.1) is 0 Å². The van der Waals surface area contributed by atoms with Gasteiger partial charge in [-0.25, -0.2) is 0 Å². The Morgan fingerprint density at radius 2 is 2.00 bits per heavy atom. The fourth-order valence-corrected chi connectivity index (χ4v) is 2.24. The fraction of sp³-hybridized carbons (Fsp3) is 0.385. The van der Waals surface area contributed by atoms with E-state index < -0.39 is 0 Å². The van der Waals surface area contributed by atoms with Crippen LogP contribution in [0.1, 0.15) is 24.7 Å². The SMILES string of the molecule is Oc1ccccc1-c1noc(C2CCNCC2)n1. The first-order valence-electron chi connectivity index (χ1n) is 6.17. The van der Waals surface area contributed by atoms with Crippen molar-refractivity contribution in [1.82, 2.24) is 15.5 Å². The molecule has 0 amide bonds. The number of phenolic OH excluding ortho intramolecular Hbond substituents is 1. The van der Waals surface area contributed by atoms with E-state index in [1.165, 1.54) is 0 Å². The molecule has 1 aliphatic heterocycles. The van der Waals surface area contributed by atoms with Gasteiger partial charge in [0, 0.05) is 5.92 Å². The standard InChI is InChI=1S/C13H15N3O2/c17-11-4-2-1-3-10(11)12-15-13(18-16-12)9-5-7-14-8-6-9/h1-4,9,14,17H,5-8H2. The van der Waals surface area contributed by atoms with E-state index >= 15 is 0 Å². The molecule has 1 aliphatic rings. The molecule has 94 valence electrons. The van der Waals surface area contributed by atoms with Crippen molar-refractivity contribution in [2.75, 3.05) is 13.1 Å². The first kappa shape index (κ1) is 11.2. The lowest BCUT2D eigenvalue weighted by molar-refractivity contribution is 0.320. The summed E-state index contributed by atoms with van der Waals surface area (Å²) >= 11 is 0. The zero-order valence-electron chi connectivity index (χ0n) is 9.97. The summed E-state index contributed by atoms with van der Waals surface area (Å²) in [5.41, 5.74) is 0.612. The second-order valence-corrected chi connectivity index (χ2v) is 4.50. The Balaban J connectivity index is 1.87. The molecule has 1 fully saturated rings. The molecular weight excluding hydrogens is 230 g/mol. The van der Waals surface area contributed by atoms with Crippen LogP contribution in [0, 0.1) is 0 Å². The van der Waals surface area contributed by atoms with Crippen molar-refractivity contribution in [1.29, 1.82) is 0 Å². The van der Waals surface area contributed by atoms with Crippen LogP contribution in [0.5, 0.6) is 5.75 Å². The van der Waals surface area contributed by atoms with Gasteiger partial charge in [-0.3, -0.25) is 0 Å². The lowest BCUT2D eigenvalue weighted by Crippen LogP contribution is -2.26. The van der Waals surface area contributed by atoms with Crippen LogP contribution >= 0.6 is 0 Å². The van der Waals surface area contributed by atoms with Gasteiger partial charge in [-0.2, -0.15) is 4.98 Å². The summed E-state index contributed by atoms with van der Waals surface area (Å²) < 4.78 is 5.31. The first-order valence-corrected chi connectivity index (χ1v) is 6.17. The van der Waals surface area contributed by atoms with Crippen LogP contribution in [0.25, 0.3) is 11.4 Å². The van der Waals surface area contributed by atoms with E-state index in [-0.39, 0.29) is 5.75 Å². The molecule has 1 aromatic carbocycles. The third kappa shape index (κ3) is 2.09. The van der Waals surface area contributed by atoms with Crippen LogP contribution in [0.2, 0.25) is 0 Å². The third-order valence-electron chi connectivity index (χ3n) is 3.28. The first-order chi connectivity index (χ1) is 8.84. The molecule has 0 spiro atoms. The van der Waals surface area contributed by atoms with Gasteiger partial charge >= 0.3 is 0 Å². The van der Waals surface area contributed by atoms with E-state index in [9.17, 15) is 5.11 Å². The van der Waals surface area contributed by atoms with Crippen LogP contribution in [-0.4, -0.2) is 28.3 Å². The summed E-state index contributed by atoms with van der Waals surface area (Å²) in [4.78, 5) is 4.40. The van der Waals surface area contributed by atoms with E-state index in [1.54, 1.807) is 18.2 Å². The second kappa shape index (κ2) is 4.78. The monoisotopic (exact) mass is 245 g/mol. The number of aromatic nitrogens is 2. The number of aromatic hydroxyl groups is 1. The third-order valence-corrected chi connectivity index (χ3v) is 3.28. The number of hydrogen-bond donors (Lipinski definition) is 2. The minimum atomic E-state index is 0.176. The van der Waals surface area contributed by atoms with Gasteiger partial charge < -0.3 is 14.9 Å². The molecule has 0 radical (unpaired) electrons. The molecule has 0 bridgehead atoms. The van der Waals surface area contributed by atoms with E-state index in [0.29, 0.717) is 23.2 Å². The highest BCUT2D eigenvalue weighted by Gasteiger charge is 2.22. The van der Waals surface area contributed by atoms with E-state index in [4.69, 9.17) is 4.52 Å². The molecular formula is C13H15N3O2. The molecule has 18 heavy (non-hydrogen) atoms. The highest BCUT2D eigenvalue weighted by atomic mass is 16.5. The van der Waals surface area contributed by atoms with Crippen molar-refractivity contribution < 1.29 is 9.63 Å². The molecule has 2 aromatic rings. The van der Waals surface area contributed by atoms with Gasteiger partial charge in [0.25, 0.3) is 0 Å². The molecule has 5 heteroatoms. The van der Waals surface area contributed by atoms with Crippen LogP contribution in [0.3, 0.4) is 0 Å². The Kier molecular flexibility index (Phi) is 2.98. The molecule has 0 aliphatic carbocycles. The molecule has 2 heterocycles. The van der Waals surface area contributed by atoms with Crippen molar-refractivity contribution in [3.63, 3.8) is 0 Å². The second-order valence-electron chi connectivity index (χ2n) is 4.50. The minimum absolute atomic E-state index is 0.176. The summed E-state index contributed by atoms with van der Waals surface area (Å²) in [6.07, 6.45) is 2.03. The Hall–Kier alpha value is -1.88. The topological polar surface area (TPSA) is 71.2 Å². The number of rotatable bonds is 2. The Labute approximate surface area is 105 Å². The van der Waals surface area contributed by atoms with Gasteiger partial charge in [0.2, 0.25) is 11.7 Å². The van der Waals surface area contributed by atoms with Crippen LogP contribution in [-0.2, 0) is 0 Å². The predicted octanol–water partition coefficient (Wildman–Crippen LogP) is 1.91. The lowest BCUT2D eigenvalue weighted by atomic mass is 9.98. The Morgan fingerprint density at radius 1 is 1.22 bits per heavy atom. The fourth-order valence-electron chi connectivity index (χ4n) is 2.24. The van der Waals surface area contributed by atoms with Crippen molar-refractivity contribution in [2.24, 2.45) is 0 Å². The lowest BCUT2D eigenvalue weighted by Gasteiger charge is -2.18. The molecule has 0 atom stereocenters. The number of benzene rings is 1. The molecule has 0 saturated carbocycles. The smallest absolute Gasteiger partial charge is 0.230 e. The maximum absolute atomic E-state index is 9.75. The summed E-state index contributed by atoms with van der Waals surface area (Å²) in [6.45, 7) is 1.97. The minimum Gasteiger partial charge on any atom is -0.507 e. The highest BCUT2D eigenvalue weighted by molar-refractivity contribution is 5.62. The number of para-hydroxylation sites is 1. The summed E-state index contributed by atoms with van der Waals surface area (Å²) in [5.74, 6) is 1.64. The quantitative estimate of drug-likeness (QED) is 0.845. The Bertz CT molecular complexity index is 533.